The fraction of sp³-hybridized carbons (Fsp3) is 0.448. The van der Waals surface area contributed by atoms with Crippen molar-refractivity contribution in [2.45, 2.75) is 69.2 Å². The van der Waals surface area contributed by atoms with Crippen molar-refractivity contribution in [1.82, 2.24) is 15.5 Å². The minimum Gasteiger partial charge on any atom is -0.468 e. The van der Waals surface area contributed by atoms with Crippen molar-refractivity contribution in [2.75, 3.05) is 6.61 Å². The lowest BCUT2D eigenvalue weighted by molar-refractivity contribution is -0.144. The smallest absolute Gasteiger partial charge is 0.293 e. The summed E-state index contributed by atoms with van der Waals surface area (Å²) in [5, 5.41) is 5.98. The van der Waals surface area contributed by atoms with Crippen LogP contribution in [0.15, 0.2) is 60.7 Å². The second kappa shape index (κ2) is 12.7. The molecule has 0 spiro atoms. The van der Waals surface area contributed by atoms with Gasteiger partial charge in [0, 0.05) is 12.0 Å². The van der Waals surface area contributed by atoms with Gasteiger partial charge in [0.1, 0.15) is 12.1 Å². The average molecular weight is 521 g/mol. The molecule has 2 aromatic rings. The Balaban J connectivity index is 1.59. The van der Waals surface area contributed by atoms with Crippen molar-refractivity contribution in [2.24, 2.45) is 11.7 Å². The monoisotopic (exact) mass is 520 g/mol. The predicted octanol–water partition coefficient (Wildman–Crippen LogP) is 2.06. The molecule has 4 rings (SSSR count). The molecule has 4 N–H and O–H groups in total. The van der Waals surface area contributed by atoms with E-state index in [-0.39, 0.29) is 30.5 Å². The molecule has 2 saturated heterocycles. The number of nitrogens with two attached hydrogens (primary N) is 1. The fourth-order valence-corrected chi connectivity index (χ4v) is 5.55. The highest BCUT2D eigenvalue weighted by Gasteiger charge is 2.48. The van der Waals surface area contributed by atoms with Crippen LogP contribution in [0.25, 0.3) is 0 Å². The summed E-state index contributed by atoms with van der Waals surface area (Å²) >= 11 is 0. The summed E-state index contributed by atoms with van der Waals surface area (Å²) in [5.41, 5.74) is 7.80. The van der Waals surface area contributed by atoms with Crippen LogP contribution in [-0.4, -0.2) is 59.9 Å². The molecule has 0 saturated carbocycles. The molecular formula is C29H36N4O5. The Hall–Kier alpha value is -3.72. The van der Waals surface area contributed by atoms with Gasteiger partial charge in [-0.2, -0.15) is 0 Å². The van der Waals surface area contributed by atoms with E-state index in [2.05, 4.69) is 10.6 Å². The number of amides is 3. The Morgan fingerprint density at radius 1 is 1.03 bits per heavy atom. The van der Waals surface area contributed by atoms with Gasteiger partial charge < -0.3 is 26.0 Å². The Labute approximate surface area is 223 Å². The zero-order valence-electron chi connectivity index (χ0n) is 21.6. The number of nitrogens with zero attached hydrogens (tertiary/aromatic N) is 1. The lowest BCUT2D eigenvalue weighted by Gasteiger charge is -2.33. The molecule has 0 unspecified atom stereocenters. The normalized spacial score (nSPS) is 23.8. The Morgan fingerprint density at radius 3 is 2.21 bits per heavy atom. The minimum atomic E-state index is -0.933. The Kier molecular flexibility index (Phi) is 9.12. The third-order valence-corrected chi connectivity index (χ3v) is 7.67. The summed E-state index contributed by atoms with van der Waals surface area (Å²) in [5.74, 6) is -1.42. The van der Waals surface area contributed by atoms with Crippen LogP contribution in [0.3, 0.4) is 0 Å². The van der Waals surface area contributed by atoms with E-state index in [1.165, 1.54) is 0 Å². The van der Waals surface area contributed by atoms with Crippen molar-refractivity contribution in [1.29, 1.82) is 0 Å². The second-order valence-corrected chi connectivity index (χ2v) is 10.0. The van der Waals surface area contributed by atoms with Crippen molar-refractivity contribution >= 4 is 24.2 Å². The first-order chi connectivity index (χ1) is 18.4. The maximum atomic E-state index is 13.9. The number of carbonyl (C=O) groups is 4. The first-order valence-corrected chi connectivity index (χ1v) is 13.3. The summed E-state index contributed by atoms with van der Waals surface area (Å²) < 4.78 is 5.01. The SMILES string of the molecule is CC[C@H](N)C(=O)N[C@@H]1C(=O)N2[C@@H](CC[C@@H]1COC=O)CC[C@H]2C(=O)NC(c1ccccc1)c1ccccc1. The molecule has 9 heteroatoms. The first-order valence-electron chi connectivity index (χ1n) is 13.3. The van der Waals surface area contributed by atoms with E-state index in [9.17, 15) is 19.2 Å². The maximum absolute atomic E-state index is 13.9. The molecule has 2 aliphatic heterocycles. The summed E-state index contributed by atoms with van der Waals surface area (Å²) in [6.45, 7) is 2.14. The van der Waals surface area contributed by atoms with E-state index < -0.39 is 30.0 Å². The topological polar surface area (TPSA) is 131 Å². The lowest BCUT2D eigenvalue weighted by atomic mass is 9.93. The van der Waals surface area contributed by atoms with Gasteiger partial charge in [-0.05, 0) is 43.2 Å². The van der Waals surface area contributed by atoms with Gasteiger partial charge in [-0.25, -0.2) is 0 Å². The number of carbonyl (C=O) groups excluding carboxylic acids is 4. The first kappa shape index (κ1) is 27.3. The van der Waals surface area contributed by atoms with Crippen LogP contribution in [-0.2, 0) is 23.9 Å². The molecule has 3 amide bonds. The Morgan fingerprint density at radius 2 is 1.63 bits per heavy atom. The summed E-state index contributed by atoms with van der Waals surface area (Å²) in [6.07, 6.45) is 2.85. The zero-order chi connectivity index (χ0) is 27.1. The number of hydrogen-bond acceptors (Lipinski definition) is 6. The van der Waals surface area contributed by atoms with Gasteiger partial charge in [0.05, 0.1) is 18.7 Å². The van der Waals surface area contributed by atoms with Gasteiger partial charge in [0.2, 0.25) is 17.7 Å². The maximum Gasteiger partial charge on any atom is 0.293 e. The second-order valence-electron chi connectivity index (χ2n) is 10.0. The quantitative estimate of drug-likeness (QED) is 0.411. The molecule has 9 nitrogen and oxygen atoms in total. The molecule has 0 bridgehead atoms. The number of ether oxygens (including phenoxy) is 1. The van der Waals surface area contributed by atoms with Crippen LogP contribution < -0.4 is 16.4 Å². The summed E-state index contributed by atoms with van der Waals surface area (Å²) in [6, 6.07) is 16.5. The van der Waals surface area contributed by atoms with Crippen LogP contribution in [0.4, 0.5) is 0 Å². The Bertz CT molecular complexity index is 1070. The number of nitrogens with one attached hydrogen (secondary N) is 2. The molecule has 2 aliphatic rings. The minimum absolute atomic E-state index is 0.00304. The van der Waals surface area contributed by atoms with E-state index in [4.69, 9.17) is 10.5 Å². The number of fused-ring (bicyclic) bond motifs is 1. The molecule has 38 heavy (non-hydrogen) atoms. The molecule has 5 atom stereocenters. The van der Waals surface area contributed by atoms with E-state index >= 15 is 0 Å². The third kappa shape index (κ3) is 6.05. The molecule has 2 heterocycles. The van der Waals surface area contributed by atoms with Gasteiger partial charge in [-0.15, -0.1) is 0 Å². The van der Waals surface area contributed by atoms with Gasteiger partial charge in [-0.1, -0.05) is 67.6 Å². The fourth-order valence-electron chi connectivity index (χ4n) is 5.55. The van der Waals surface area contributed by atoms with E-state index in [1.807, 2.05) is 60.7 Å². The van der Waals surface area contributed by atoms with Crippen molar-refractivity contribution < 1.29 is 23.9 Å². The molecule has 202 valence electrons. The van der Waals surface area contributed by atoms with Crippen molar-refractivity contribution in [3.05, 3.63) is 71.8 Å². The standard InChI is InChI=1S/C29H36N4O5/c1-2-23(30)27(35)32-26-21(17-38-18-34)13-14-22-15-16-24(33(22)29(26)37)28(36)31-25(19-9-5-3-6-10-19)20-11-7-4-8-12-20/h3-12,18,21-26H,2,13-17,30H2,1H3,(H,31,36)(H,32,35)/t21-,22+,23+,24+,26+/m1/s1. The molecule has 0 radical (unpaired) electrons. The van der Waals surface area contributed by atoms with Gasteiger partial charge in [0.15, 0.2) is 0 Å². The van der Waals surface area contributed by atoms with Crippen LogP contribution in [0, 0.1) is 5.92 Å². The number of benzene rings is 2. The molecule has 0 aromatic heterocycles. The molecular weight excluding hydrogens is 484 g/mol. The highest BCUT2D eigenvalue weighted by Crippen LogP contribution is 2.35. The number of rotatable bonds is 10. The zero-order valence-corrected chi connectivity index (χ0v) is 21.6. The van der Waals surface area contributed by atoms with Gasteiger partial charge in [-0.3, -0.25) is 19.2 Å². The highest BCUT2D eigenvalue weighted by atomic mass is 16.5. The van der Waals surface area contributed by atoms with Crippen molar-refractivity contribution in [3.8, 4) is 0 Å². The average Bonchev–Trinajstić information content (AvgIpc) is 3.34. The van der Waals surface area contributed by atoms with E-state index in [1.54, 1.807) is 11.8 Å². The van der Waals surface area contributed by atoms with Crippen LogP contribution in [0.1, 0.15) is 56.2 Å². The largest absolute Gasteiger partial charge is 0.468 e. The van der Waals surface area contributed by atoms with Crippen LogP contribution in [0.5, 0.6) is 0 Å². The summed E-state index contributed by atoms with van der Waals surface area (Å²) in [7, 11) is 0. The summed E-state index contributed by atoms with van der Waals surface area (Å²) in [4.78, 5) is 52.9. The van der Waals surface area contributed by atoms with Gasteiger partial charge in [0.25, 0.3) is 6.47 Å². The lowest BCUT2D eigenvalue weighted by Crippen LogP contribution is -2.58. The van der Waals surface area contributed by atoms with Crippen LogP contribution >= 0.6 is 0 Å². The number of hydrogen-bond donors (Lipinski definition) is 3. The predicted molar refractivity (Wildman–Crippen MR) is 141 cm³/mol. The highest BCUT2D eigenvalue weighted by molar-refractivity contribution is 5.94. The van der Waals surface area contributed by atoms with Crippen molar-refractivity contribution in [3.63, 3.8) is 0 Å². The van der Waals surface area contributed by atoms with Crippen LogP contribution in [0.2, 0.25) is 0 Å². The van der Waals surface area contributed by atoms with E-state index in [0.717, 1.165) is 11.1 Å². The van der Waals surface area contributed by atoms with E-state index in [0.29, 0.717) is 38.6 Å². The molecule has 2 fully saturated rings. The molecule has 2 aromatic carbocycles. The van der Waals surface area contributed by atoms with Gasteiger partial charge >= 0.3 is 0 Å². The third-order valence-electron chi connectivity index (χ3n) is 7.67. The molecule has 0 aliphatic carbocycles.